The van der Waals surface area contributed by atoms with Crippen molar-refractivity contribution in [3.05, 3.63) is 22.4 Å². The molecule has 2 unspecified atom stereocenters. The first-order chi connectivity index (χ1) is 14.0. The van der Waals surface area contributed by atoms with E-state index in [2.05, 4.69) is 29.0 Å². The second kappa shape index (κ2) is 12.4. The monoisotopic (exact) mass is 430 g/mol. The number of hydrogen-bond acceptors (Lipinski definition) is 5. The lowest BCUT2D eigenvalue weighted by Crippen LogP contribution is -2.23. The standard InChI is InChI=1S/C23H34N4S2/c1-4-5-6-7-8-9-10-11-12-13-14-21-15-20(16-24)23(17-25,28-21)29-22-26-18(2)19(3)27-22/h15,20H,4-14H2,1-3H3,(H,26,27). The van der Waals surface area contributed by atoms with Crippen molar-refractivity contribution in [2.45, 2.75) is 101 Å². The highest BCUT2D eigenvalue weighted by Gasteiger charge is 2.46. The van der Waals surface area contributed by atoms with Gasteiger partial charge in [0.25, 0.3) is 0 Å². The van der Waals surface area contributed by atoms with Crippen LogP contribution in [0.4, 0.5) is 0 Å². The number of nitriles is 2. The summed E-state index contributed by atoms with van der Waals surface area (Å²) in [5.74, 6) is -0.411. The van der Waals surface area contributed by atoms with Crippen molar-refractivity contribution in [1.29, 1.82) is 10.5 Å². The summed E-state index contributed by atoms with van der Waals surface area (Å²) < 4.78 is -0.834. The molecule has 0 fully saturated rings. The van der Waals surface area contributed by atoms with Gasteiger partial charge in [0.15, 0.2) is 9.24 Å². The highest BCUT2D eigenvalue weighted by atomic mass is 32.2. The van der Waals surface area contributed by atoms with E-state index in [-0.39, 0.29) is 0 Å². The third-order valence-electron chi connectivity index (χ3n) is 5.47. The van der Waals surface area contributed by atoms with E-state index in [0.29, 0.717) is 0 Å². The number of aromatic nitrogens is 2. The van der Waals surface area contributed by atoms with Crippen LogP contribution in [0.25, 0.3) is 0 Å². The van der Waals surface area contributed by atoms with Gasteiger partial charge >= 0.3 is 0 Å². The molecule has 1 aliphatic heterocycles. The fourth-order valence-corrected chi connectivity index (χ4v) is 6.36. The molecule has 0 saturated carbocycles. The van der Waals surface area contributed by atoms with Crippen molar-refractivity contribution in [2.24, 2.45) is 5.92 Å². The van der Waals surface area contributed by atoms with Gasteiger partial charge in [0.05, 0.1) is 17.8 Å². The number of nitrogens with zero attached hydrogens (tertiary/aromatic N) is 3. The van der Waals surface area contributed by atoms with Gasteiger partial charge in [-0.3, -0.25) is 0 Å². The minimum absolute atomic E-state index is 0.411. The number of nitrogens with one attached hydrogen (secondary N) is 1. The third-order valence-corrected chi connectivity index (χ3v) is 8.26. The summed E-state index contributed by atoms with van der Waals surface area (Å²) in [6, 6.07) is 4.75. The summed E-state index contributed by atoms with van der Waals surface area (Å²) in [6.07, 6.45) is 16.2. The van der Waals surface area contributed by atoms with Crippen LogP contribution in [0.1, 0.15) is 88.9 Å². The maximum atomic E-state index is 9.90. The van der Waals surface area contributed by atoms with E-state index in [1.807, 2.05) is 19.9 Å². The summed E-state index contributed by atoms with van der Waals surface area (Å²) in [7, 11) is 0. The zero-order chi connectivity index (χ0) is 21.1. The lowest BCUT2D eigenvalue weighted by Gasteiger charge is -2.21. The summed E-state index contributed by atoms with van der Waals surface area (Å²) in [5.41, 5.74) is 1.95. The minimum atomic E-state index is -0.834. The molecular weight excluding hydrogens is 396 g/mol. The van der Waals surface area contributed by atoms with Crippen LogP contribution in [0.15, 0.2) is 16.1 Å². The third kappa shape index (κ3) is 7.12. The van der Waals surface area contributed by atoms with Gasteiger partial charge < -0.3 is 4.98 Å². The fourth-order valence-electron chi connectivity index (χ4n) is 3.54. The number of hydrogen-bond donors (Lipinski definition) is 1. The van der Waals surface area contributed by atoms with E-state index in [9.17, 15) is 10.5 Å². The Labute approximate surface area is 184 Å². The smallest absolute Gasteiger partial charge is 0.178 e. The molecule has 0 spiro atoms. The SMILES string of the molecule is CCCCCCCCCCCCC1=CC(C#N)C(C#N)(Sc2nc(C)c(C)[nH]2)S1. The van der Waals surface area contributed by atoms with Gasteiger partial charge in [-0.05, 0) is 31.6 Å². The van der Waals surface area contributed by atoms with E-state index in [1.165, 1.54) is 74.5 Å². The first-order valence-electron chi connectivity index (χ1n) is 11.0. The molecule has 6 heteroatoms. The summed E-state index contributed by atoms with van der Waals surface area (Å²) in [4.78, 5) is 8.92. The molecule has 0 aromatic carbocycles. The number of aromatic amines is 1. The van der Waals surface area contributed by atoms with E-state index >= 15 is 0 Å². The Bertz CT molecular complexity index is 736. The molecule has 1 aliphatic rings. The fraction of sp³-hybridized carbons (Fsp3) is 0.696. The van der Waals surface area contributed by atoms with Crippen LogP contribution in [-0.4, -0.2) is 14.0 Å². The van der Waals surface area contributed by atoms with Crippen LogP contribution in [-0.2, 0) is 0 Å². The number of H-pyrrole nitrogens is 1. The molecule has 1 N–H and O–H groups in total. The largest absolute Gasteiger partial charge is 0.337 e. The van der Waals surface area contributed by atoms with Crippen molar-refractivity contribution >= 4 is 23.5 Å². The number of unbranched alkanes of at least 4 members (excludes halogenated alkanes) is 9. The molecule has 0 aliphatic carbocycles. The van der Waals surface area contributed by atoms with Gasteiger partial charge in [-0.2, -0.15) is 10.5 Å². The quantitative estimate of drug-likeness (QED) is 0.329. The molecule has 2 rings (SSSR count). The highest BCUT2D eigenvalue weighted by Crippen LogP contribution is 2.55. The van der Waals surface area contributed by atoms with Gasteiger partial charge in [-0.1, -0.05) is 94.3 Å². The molecule has 0 bridgehead atoms. The zero-order valence-electron chi connectivity index (χ0n) is 18.1. The molecule has 1 aromatic rings. The second-order valence-corrected chi connectivity index (χ2v) is 10.8. The first-order valence-corrected chi connectivity index (χ1v) is 12.6. The summed E-state index contributed by atoms with van der Waals surface area (Å²) in [6.45, 7) is 6.19. The van der Waals surface area contributed by atoms with Gasteiger partial charge in [0.2, 0.25) is 0 Å². The van der Waals surface area contributed by atoms with Crippen molar-refractivity contribution in [2.75, 3.05) is 0 Å². The Kier molecular flexibility index (Phi) is 10.2. The molecule has 0 saturated heterocycles. The lowest BCUT2D eigenvalue weighted by atomic mass is 10.0. The van der Waals surface area contributed by atoms with E-state index in [4.69, 9.17) is 0 Å². The van der Waals surface area contributed by atoms with Crippen LogP contribution in [0.2, 0.25) is 0 Å². The van der Waals surface area contributed by atoms with Crippen LogP contribution in [0, 0.1) is 42.4 Å². The summed E-state index contributed by atoms with van der Waals surface area (Å²) in [5, 5.41) is 20.3. The Hall–Kier alpha value is -1.37. The Morgan fingerprint density at radius 1 is 1.07 bits per heavy atom. The van der Waals surface area contributed by atoms with E-state index in [0.717, 1.165) is 29.4 Å². The molecule has 158 valence electrons. The maximum absolute atomic E-state index is 9.90. The maximum Gasteiger partial charge on any atom is 0.178 e. The van der Waals surface area contributed by atoms with Gasteiger partial charge in [0, 0.05) is 5.69 Å². The number of aryl methyl sites for hydroxylation is 2. The van der Waals surface area contributed by atoms with Gasteiger partial charge in [-0.15, -0.1) is 0 Å². The Morgan fingerprint density at radius 3 is 2.21 bits per heavy atom. The van der Waals surface area contributed by atoms with Crippen LogP contribution >= 0.6 is 23.5 Å². The molecular formula is C23H34N4S2. The molecule has 2 atom stereocenters. The number of allylic oxidation sites excluding steroid dienone is 2. The van der Waals surface area contributed by atoms with E-state index < -0.39 is 10.00 Å². The molecule has 0 amide bonds. The number of imidazole rings is 1. The second-order valence-electron chi connectivity index (χ2n) is 7.91. The molecule has 2 heterocycles. The predicted octanol–water partition coefficient (Wildman–Crippen LogP) is 7.42. The summed E-state index contributed by atoms with van der Waals surface area (Å²) >= 11 is 2.95. The zero-order valence-corrected chi connectivity index (χ0v) is 19.7. The highest BCUT2D eigenvalue weighted by molar-refractivity contribution is 8.20. The van der Waals surface area contributed by atoms with Crippen molar-refractivity contribution in [3.8, 4) is 12.1 Å². The Morgan fingerprint density at radius 2 is 1.69 bits per heavy atom. The van der Waals surface area contributed by atoms with Crippen molar-refractivity contribution in [3.63, 3.8) is 0 Å². The molecule has 0 radical (unpaired) electrons. The van der Waals surface area contributed by atoms with Gasteiger partial charge in [0.1, 0.15) is 5.92 Å². The average Bonchev–Trinajstić information content (AvgIpc) is 3.22. The Balaban J connectivity index is 1.74. The number of thioether (sulfide) groups is 2. The lowest BCUT2D eigenvalue weighted by molar-refractivity contribution is 0.557. The predicted molar refractivity (Wildman–Crippen MR) is 124 cm³/mol. The molecule has 1 aromatic heterocycles. The van der Waals surface area contributed by atoms with Crippen LogP contribution < -0.4 is 0 Å². The van der Waals surface area contributed by atoms with Crippen molar-refractivity contribution < 1.29 is 0 Å². The first kappa shape index (κ1) is 23.9. The normalized spacial score (nSPS) is 21.0. The van der Waals surface area contributed by atoms with Crippen LogP contribution in [0.3, 0.4) is 0 Å². The van der Waals surface area contributed by atoms with Gasteiger partial charge in [-0.25, -0.2) is 4.98 Å². The topological polar surface area (TPSA) is 76.3 Å². The molecule has 29 heavy (non-hydrogen) atoms. The average molecular weight is 431 g/mol. The minimum Gasteiger partial charge on any atom is -0.337 e. The number of rotatable bonds is 13. The van der Waals surface area contributed by atoms with Crippen LogP contribution in [0.5, 0.6) is 0 Å². The van der Waals surface area contributed by atoms with Crippen molar-refractivity contribution in [1.82, 2.24) is 9.97 Å². The molecule has 4 nitrogen and oxygen atoms in total. The van der Waals surface area contributed by atoms with E-state index in [1.54, 1.807) is 11.8 Å².